The normalized spacial score (nSPS) is 11.2. The van der Waals surface area contributed by atoms with E-state index in [1.54, 1.807) is 6.08 Å². The van der Waals surface area contributed by atoms with Crippen LogP contribution in [0, 0.1) is 0 Å². The number of anilines is 1. The maximum atomic E-state index is 11.5. The van der Waals surface area contributed by atoms with E-state index in [-0.39, 0.29) is 5.91 Å². The Morgan fingerprint density at radius 2 is 1.94 bits per heavy atom. The van der Waals surface area contributed by atoms with Gasteiger partial charge in [0.25, 0.3) is 0 Å². The molecule has 0 saturated heterocycles. The quantitative estimate of drug-likeness (QED) is 0.591. The molecule has 96 valence electrons. The van der Waals surface area contributed by atoms with E-state index in [1.807, 2.05) is 31.2 Å². The molecule has 0 bridgehead atoms. The Bertz CT molecular complexity index is 415. The lowest BCUT2D eigenvalue weighted by molar-refractivity contribution is -0.111. The van der Waals surface area contributed by atoms with Crippen molar-refractivity contribution in [3.8, 4) is 0 Å². The fourth-order valence-electron chi connectivity index (χ4n) is 1.57. The van der Waals surface area contributed by atoms with Crippen molar-refractivity contribution in [3.63, 3.8) is 0 Å². The van der Waals surface area contributed by atoms with Crippen molar-refractivity contribution in [2.24, 2.45) is 0 Å². The Morgan fingerprint density at radius 3 is 2.56 bits per heavy atom. The summed E-state index contributed by atoms with van der Waals surface area (Å²) in [5, 5.41) is 2.82. The molecule has 1 amide bonds. The Hall–Kier alpha value is -1.83. The largest absolute Gasteiger partial charge is 0.323 e. The van der Waals surface area contributed by atoms with Crippen LogP contribution in [0.1, 0.15) is 32.3 Å². The molecule has 0 aliphatic rings. The average Bonchev–Trinajstić information content (AvgIpc) is 2.38. The lowest BCUT2D eigenvalue weighted by Crippen LogP contribution is -2.07. The van der Waals surface area contributed by atoms with Gasteiger partial charge in [-0.3, -0.25) is 4.79 Å². The van der Waals surface area contributed by atoms with Gasteiger partial charge >= 0.3 is 0 Å². The van der Waals surface area contributed by atoms with E-state index in [1.165, 1.54) is 24.5 Å². The molecule has 18 heavy (non-hydrogen) atoms. The van der Waals surface area contributed by atoms with Gasteiger partial charge in [-0.05, 0) is 37.5 Å². The van der Waals surface area contributed by atoms with Crippen molar-refractivity contribution in [1.29, 1.82) is 0 Å². The number of amides is 1. The molecule has 0 aliphatic carbocycles. The van der Waals surface area contributed by atoms with Crippen LogP contribution >= 0.6 is 0 Å². The predicted molar refractivity (Wildman–Crippen MR) is 77.6 cm³/mol. The molecule has 1 aromatic carbocycles. The first-order valence-electron chi connectivity index (χ1n) is 6.45. The van der Waals surface area contributed by atoms with Gasteiger partial charge in [0.2, 0.25) is 5.91 Å². The third-order valence-corrected chi connectivity index (χ3v) is 2.59. The molecule has 0 heterocycles. The fourth-order valence-corrected chi connectivity index (χ4v) is 1.57. The number of rotatable bonds is 6. The first kappa shape index (κ1) is 14.2. The number of carbonyl (C=O) groups is 1. The molecule has 0 radical (unpaired) electrons. The van der Waals surface area contributed by atoms with Crippen LogP contribution < -0.4 is 5.32 Å². The molecule has 0 saturated carbocycles. The SMILES string of the molecule is C/C=C/C=C/C(=O)Nc1ccc(CCCC)cc1. The molecule has 0 spiro atoms. The second-order valence-corrected chi connectivity index (χ2v) is 4.17. The third-order valence-electron chi connectivity index (χ3n) is 2.59. The highest BCUT2D eigenvalue weighted by Crippen LogP contribution is 2.11. The summed E-state index contributed by atoms with van der Waals surface area (Å²) in [6.45, 7) is 4.10. The number of nitrogens with one attached hydrogen (secondary N) is 1. The zero-order valence-corrected chi connectivity index (χ0v) is 11.1. The standard InChI is InChI=1S/C16H21NO/c1-3-5-7-9-16(18)17-15-12-10-14(11-13-15)8-6-4-2/h3,5,7,9-13H,4,6,8H2,1-2H3,(H,17,18)/b5-3+,9-7+. The van der Waals surface area contributed by atoms with Crippen LogP contribution in [0.25, 0.3) is 0 Å². The zero-order valence-electron chi connectivity index (χ0n) is 11.1. The van der Waals surface area contributed by atoms with Crippen LogP contribution in [0.2, 0.25) is 0 Å². The maximum absolute atomic E-state index is 11.5. The lowest BCUT2D eigenvalue weighted by atomic mass is 10.1. The number of unbranched alkanes of at least 4 members (excludes halogenated alkanes) is 1. The molecule has 0 aromatic heterocycles. The summed E-state index contributed by atoms with van der Waals surface area (Å²) >= 11 is 0. The van der Waals surface area contributed by atoms with Crippen molar-refractivity contribution in [1.82, 2.24) is 0 Å². The second kappa shape index (κ2) is 8.29. The summed E-state index contributed by atoms with van der Waals surface area (Å²) < 4.78 is 0. The second-order valence-electron chi connectivity index (χ2n) is 4.17. The molecule has 2 nitrogen and oxygen atoms in total. The summed E-state index contributed by atoms with van der Waals surface area (Å²) in [7, 11) is 0. The molecule has 2 heteroatoms. The van der Waals surface area contributed by atoms with Crippen molar-refractivity contribution < 1.29 is 4.79 Å². The van der Waals surface area contributed by atoms with Crippen LogP contribution in [-0.2, 0) is 11.2 Å². The lowest BCUT2D eigenvalue weighted by Gasteiger charge is -2.04. The highest BCUT2D eigenvalue weighted by atomic mass is 16.1. The molecular weight excluding hydrogens is 222 g/mol. The summed E-state index contributed by atoms with van der Waals surface area (Å²) in [5.41, 5.74) is 2.16. The van der Waals surface area contributed by atoms with E-state index in [2.05, 4.69) is 24.4 Å². The van der Waals surface area contributed by atoms with Crippen molar-refractivity contribution in [3.05, 3.63) is 54.1 Å². The smallest absolute Gasteiger partial charge is 0.248 e. The average molecular weight is 243 g/mol. The van der Waals surface area contributed by atoms with Gasteiger partial charge in [-0.25, -0.2) is 0 Å². The molecule has 0 atom stereocenters. The Balaban J connectivity index is 2.50. The van der Waals surface area contributed by atoms with Crippen LogP contribution in [0.4, 0.5) is 5.69 Å². The van der Waals surface area contributed by atoms with E-state index >= 15 is 0 Å². The molecular formula is C16H21NO. The minimum Gasteiger partial charge on any atom is -0.323 e. The number of aryl methyl sites for hydroxylation is 1. The topological polar surface area (TPSA) is 29.1 Å². The van der Waals surface area contributed by atoms with Crippen LogP contribution in [-0.4, -0.2) is 5.91 Å². The Labute approximate surface area is 109 Å². The molecule has 1 N–H and O–H groups in total. The molecule has 0 fully saturated rings. The van der Waals surface area contributed by atoms with Crippen LogP contribution in [0.5, 0.6) is 0 Å². The number of carbonyl (C=O) groups excluding carboxylic acids is 1. The van der Waals surface area contributed by atoms with E-state index in [9.17, 15) is 4.79 Å². The Kier molecular flexibility index (Phi) is 6.55. The van der Waals surface area contributed by atoms with E-state index in [0.29, 0.717) is 0 Å². The maximum Gasteiger partial charge on any atom is 0.248 e. The third kappa shape index (κ3) is 5.48. The van der Waals surface area contributed by atoms with Gasteiger partial charge in [0.05, 0.1) is 0 Å². The first-order valence-corrected chi connectivity index (χ1v) is 6.45. The number of benzene rings is 1. The molecule has 1 aromatic rings. The zero-order chi connectivity index (χ0) is 13.2. The summed E-state index contributed by atoms with van der Waals surface area (Å²) in [6, 6.07) is 8.04. The van der Waals surface area contributed by atoms with E-state index in [0.717, 1.165) is 12.1 Å². The van der Waals surface area contributed by atoms with Crippen LogP contribution in [0.15, 0.2) is 48.6 Å². The van der Waals surface area contributed by atoms with Gasteiger partial charge in [-0.1, -0.05) is 43.7 Å². The molecule has 0 unspecified atom stereocenters. The van der Waals surface area contributed by atoms with Gasteiger partial charge in [-0.15, -0.1) is 0 Å². The first-order chi connectivity index (χ1) is 8.76. The number of hydrogen-bond acceptors (Lipinski definition) is 1. The monoisotopic (exact) mass is 243 g/mol. The number of hydrogen-bond donors (Lipinski definition) is 1. The number of allylic oxidation sites excluding steroid dienone is 3. The van der Waals surface area contributed by atoms with Gasteiger partial charge < -0.3 is 5.32 Å². The fraction of sp³-hybridized carbons (Fsp3) is 0.312. The van der Waals surface area contributed by atoms with Gasteiger partial charge in [0, 0.05) is 11.8 Å². The van der Waals surface area contributed by atoms with Gasteiger partial charge in [-0.2, -0.15) is 0 Å². The highest BCUT2D eigenvalue weighted by Gasteiger charge is 1.97. The predicted octanol–water partition coefficient (Wildman–Crippen LogP) is 4.10. The van der Waals surface area contributed by atoms with Crippen LogP contribution in [0.3, 0.4) is 0 Å². The van der Waals surface area contributed by atoms with Crippen molar-refractivity contribution in [2.75, 3.05) is 5.32 Å². The van der Waals surface area contributed by atoms with Gasteiger partial charge in [0.1, 0.15) is 0 Å². The summed E-state index contributed by atoms with van der Waals surface area (Å²) in [6.07, 6.45) is 10.5. The highest BCUT2D eigenvalue weighted by molar-refractivity contribution is 5.99. The van der Waals surface area contributed by atoms with E-state index < -0.39 is 0 Å². The van der Waals surface area contributed by atoms with Gasteiger partial charge in [0.15, 0.2) is 0 Å². The molecule has 0 aliphatic heterocycles. The Morgan fingerprint density at radius 1 is 1.22 bits per heavy atom. The van der Waals surface area contributed by atoms with Crippen molar-refractivity contribution in [2.45, 2.75) is 33.1 Å². The minimum atomic E-state index is -0.102. The summed E-state index contributed by atoms with van der Waals surface area (Å²) in [5.74, 6) is -0.102. The minimum absolute atomic E-state index is 0.102. The van der Waals surface area contributed by atoms with Crippen molar-refractivity contribution >= 4 is 11.6 Å². The van der Waals surface area contributed by atoms with E-state index in [4.69, 9.17) is 0 Å². The molecule has 1 rings (SSSR count). The summed E-state index contributed by atoms with van der Waals surface area (Å²) in [4.78, 5) is 11.5.